The van der Waals surface area contributed by atoms with E-state index in [0.29, 0.717) is 18.6 Å². The van der Waals surface area contributed by atoms with E-state index >= 15 is 0 Å². The third-order valence-corrected chi connectivity index (χ3v) is 6.77. The molecule has 0 bridgehead atoms. The molecule has 0 spiro atoms. The molecule has 8 nitrogen and oxygen atoms in total. The highest BCUT2D eigenvalue weighted by atomic mass is 16.5. The largest absolute Gasteiger partial charge is 0.488 e. The molecular weight excluding hydrogens is 458 g/mol. The van der Waals surface area contributed by atoms with E-state index in [4.69, 9.17) is 14.2 Å². The second-order valence-electron chi connectivity index (χ2n) is 8.72. The minimum absolute atomic E-state index is 0.206. The van der Waals surface area contributed by atoms with Crippen molar-refractivity contribution in [2.75, 3.05) is 33.4 Å². The van der Waals surface area contributed by atoms with E-state index in [1.54, 1.807) is 6.07 Å². The number of esters is 1. The van der Waals surface area contributed by atoms with E-state index in [0.717, 1.165) is 74.6 Å². The zero-order chi connectivity index (χ0) is 25.2. The van der Waals surface area contributed by atoms with Gasteiger partial charge >= 0.3 is 5.97 Å². The van der Waals surface area contributed by atoms with Gasteiger partial charge in [-0.05, 0) is 55.1 Å². The van der Waals surface area contributed by atoms with E-state index < -0.39 is 0 Å². The zero-order valence-electron chi connectivity index (χ0n) is 20.6. The van der Waals surface area contributed by atoms with Crippen LogP contribution in [0.15, 0.2) is 42.5 Å². The van der Waals surface area contributed by atoms with Gasteiger partial charge in [-0.2, -0.15) is 0 Å². The van der Waals surface area contributed by atoms with Crippen molar-refractivity contribution in [3.63, 3.8) is 0 Å². The van der Waals surface area contributed by atoms with Crippen LogP contribution in [0, 0.1) is 0 Å². The quantitative estimate of drug-likeness (QED) is 0.209. The molecule has 0 aliphatic rings. The fourth-order valence-electron chi connectivity index (χ4n) is 4.83. The number of aromatic nitrogens is 2. The lowest BCUT2D eigenvalue weighted by molar-refractivity contribution is -0.129. The maximum atomic E-state index is 12.2. The second-order valence-corrected chi connectivity index (χ2v) is 8.72. The summed E-state index contributed by atoms with van der Waals surface area (Å²) in [5, 5.41) is 3.87. The molecule has 5 rings (SSSR count). The summed E-state index contributed by atoms with van der Waals surface area (Å²) in [6.07, 6.45) is 0. The molecule has 8 heteroatoms. The lowest BCUT2D eigenvalue weighted by Crippen LogP contribution is -2.27. The van der Waals surface area contributed by atoms with Crippen molar-refractivity contribution in [2.24, 2.45) is 0 Å². The van der Waals surface area contributed by atoms with Gasteiger partial charge in [0, 0.05) is 39.1 Å². The van der Waals surface area contributed by atoms with Crippen LogP contribution in [0.2, 0.25) is 0 Å². The predicted octanol–water partition coefficient (Wildman–Crippen LogP) is 5.14. The average molecular weight is 488 g/mol. The van der Waals surface area contributed by atoms with E-state index in [-0.39, 0.29) is 12.6 Å². The maximum absolute atomic E-state index is 12.2. The highest BCUT2D eigenvalue weighted by Gasteiger charge is 2.19. The first-order valence-corrected chi connectivity index (χ1v) is 12.1. The lowest BCUT2D eigenvalue weighted by atomic mass is 10.0. The van der Waals surface area contributed by atoms with E-state index in [2.05, 4.69) is 34.8 Å². The number of nitrogens with one attached hydrogen (secondary N) is 2. The molecule has 2 aromatic heterocycles. The van der Waals surface area contributed by atoms with Gasteiger partial charge in [0.05, 0.1) is 23.7 Å². The van der Waals surface area contributed by atoms with Crippen LogP contribution in [0.5, 0.6) is 5.75 Å². The number of carbonyl (C=O) groups excluding carboxylic acids is 2. The van der Waals surface area contributed by atoms with Crippen LogP contribution in [0.1, 0.15) is 29.8 Å². The number of hydrogen-bond acceptors (Lipinski definition) is 6. The van der Waals surface area contributed by atoms with Crippen LogP contribution < -0.4 is 4.74 Å². The van der Waals surface area contributed by atoms with Gasteiger partial charge in [0.25, 0.3) is 6.47 Å². The Hall–Kier alpha value is -4.04. The number of ether oxygens (including phenoxy) is 3. The highest BCUT2D eigenvalue weighted by molar-refractivity contribution is 6.21. The second kappa shape index (κ2) is 9.91. The monoisotopic (exact) mass is 487 g/mol. The molecule has 3 aromatic carbocycles. The summed E-state index contributed by atoms with van der Waals surface area (Å²) in [4.78, 5) is 32.3. The number of H-pyrrole nitrogens is 2. The minimum Gasteiger partial charge on any atom is -0.488 e. The molecule has 0 aliphatic carbocycles. The van der Waals surface area contributed by atoms with Crippen LogP contribution >= 0.6 is 0 Å². The Morgan fingerprint density at radius 2 is 1.58 bits per heavy atom. The van der Waals surface area contributed by atoms with Crippen LogP contribution in [-0.2, 0) is 20.9 Å². The molecule has 2 heterocycles. The van der Waals surface area contributed by atoms with Crippen molar-refractivity contribution < 1.29 is 23.8 Å². The van der Waals surface area contributed by atoms with Crippen molar-refractivity contribution in [2.45, 2.75) is 20.5 Å². The smallest absolute Gasteiger partial charge is 0.337 e. The van der Waals surface area contributed by atoms with E-state index in [1.165, 1.54) is 7.11 Å². The molecule has 0 aliphatic heterocycles. The number of nitrogens with zero attached hydrogens (tertiary/aromatic N) is 1. The molecule has 186 valence electrons. The minimum atomic E-state index is -0.380. The van der Waals surface area contributed by atoms with Crippen LogP contribution in [-0.4, -0.2) is 60.7 Å². The van der Waals surface area contributed by atoms with Gasteiger partial charge in [0.2, 0.25) is 0 Å². The standard InChI is InChI=1S/C28H29N3O5/c1-4-31(5-2)10-11-36-27-25-21(19-12-17(15-35-16-32)6-8-23(19)29-25)14-22-20-13-18(28(33)34-3)7-9-24(20)30-26(22)27/h6-9,12-14,16,29-30H,4-5,10-11,15H2,1-3H3. The van der Waals surface area contributed by atoms with Crippen molar-refractivity contribution in [1.82, 2.24) is 14.9 Å². The summed E-state index contributed by atoms with van der Waals surface area (Å²) in [5.41, 5.74) is 5.01. The van der Waals surface area contributed by atoms with Crippen LogP contribution in [0.4, 0.5) is 0 Å². The van der Waals surface area contributed by atoms with Crippen LogP contribution in [0.3, 0.4) is 0 Å². The SMILES string of the molecule is CCN(CC)CCOc1c2[nH]c3ccc(COC=O)cc3c2cc2c1[nH]c1ccc(C(=O)OC)cc12. The Labute approximate surface area is 208 Å². The fourth-order valence-corrected chi connectivity index (χ4v) is 4.83. The lowest BCUT2D eigenvalue weighted by Gasteiger charge is -2.18. The van der Waals surface area contributed by atoms with Gasteiger partial charge in [-0.1, -0.05) is 19.9 Å². The first kappa shape index (κ1) is 23.7. The number of methoxy groups -OCH3 is 1. The average Bonchev–Trinajstić information content (AvgIpc) is 3.46. The number of rotatable bonds is 10. The normalized spacial score (nSPS) is 11.7. The predicted molar refractivity (Wildman–Crippen MR) is 141 cm³/mol. The molecule has 0 amide bonds. The summed E-state index contributed by atoms with van der Waals surface area (Å²) in [5.74, 6) is 0.363. The molecule has 36 heavy (non-hydrogen) atoms. The summed E-state index contributed by atoms with van der Waals surface area (Å²) < 4.78 is 16.4. The molecule has 0 saturated heterocycles. The van der Waals surface area contributed by atoms with Gasteiger partial charge in [-0.25, -0.2) is 4.79 Å². The number of fused-ring (bicyclic) bond motifs is 6. The number of hydrogen-bond donors (Lipinski definition) is 2. The molecule has 0 fully saturated rings. The number of likely N-dealkylation sites (N-methyl/N-ethyl adjacent to an activating group) is 1. The Kier molecular flexibility index (Phi) is 6.52. The van der Waals surface area contributed by atoms with Gasteiger partial charge in [-0.15, -0.1) is 0 Å². The van der Waals surface area contributed by atoms with E-state index in [1.807, 2.05) is 30.3 Å². The Morgan fingerprint density at radius 1 is 0.917 bits per heavy atom. The first-order chi connectivity index (χ1) is 17.6. The zero-order valence-corrected chi connectivity index (χ0v) is 20.6. The topological polar surface area (TPSA) is 96.6 Å². The van der Waals surface area contributed by atoms with Gasteiger partial charge in [0.1, 0.15) is 13.2 Å². The Balaban J connectivity index is 1.73. The molecule has 0 saturated carbocycles. The Bertz CT molecular complexity index is 1580. The van der Waals surface area contributed by atoms with Crippen LogP contribution in [0.25, 0.3) is 43.6 Å². The first-order valence-electron chi connectivity index (χ1n) is 12.1. The summed E-state index contributed by atoms with van der Waals surface area (Å²) in [7, 11) is 1.38. The fraction of sp³-hybridized carbons (Fsp3) is 0.286. The number of carbonyl (C=O) groups is 2. The Morgan fingerprint density at radius 3 is 2.22 bits per heavy atom. The molecule has 2 N–H and O–H groups in total. The van der Waals surface area contributed by atoms with Gasteiger partial charge in [0.15, 0.2) is 5.75 Å². The summed E-state index contributed by atoms with van der Waals surface area (Å²) in [6.45, 7) is 8.20. The third-order valence-electron chi connectivity index (χ3n) is 6.77. The number of benzene rings is 3. The van der Waals surface area contributed by atoms with Crippen molar-refractivity contribution in [3.05, 3.63) is 53.6 Å². The summed E-state index contributed by atoms with van der Waals surface area (Å²) >= 11 is 0. The molecule has 0 radical (unpaired) electrons. The van der Waals surface area contributed by atoms with Crippen molar-refractivity contribution in [3.8, 4) is 5.75 Å². The third kappa shape index (κ3) is 4.13. The summed E-state index contributed by atoms with van der Waals surface area (Å²) in [6, 6.07) is 13.6. The van der Waals surface area contributed by atoms with Gasteiger partial charge in [-0.3, -0.25) is 4.79 Å². The molecule has 0 unspecified atom stereocenters. The maximum Gasteiger partial charge on any atom is 0.337 e. The van der Waals surface area contributed by atoms with Crippen molar-refractivity contribution in [1.29, 1.82) is 0 Å². The number of aromatic amines is 2. The molecule has 5 aromatic rings. The van der Waals surface area contributed by atoms with E-state index in [9.17, 15) is 9.59 Å². The molecular formula is C28H29N3O5. The van der Waals surface area contributed by atoms with Crippen molar-refractivity contribution >= 4 is 56.1 Å². The van der Waals surface area contributed by atoms with Gasteiger partial charge < -0.3 is 29.1 Å². The molecule has 0 atom stereocenters. The highest BCUT2D eigenvalue weighted by Crippen LogP contribution is 2.41.